The van der Waals surface area contributed by atoms with Crippen molar-refractivity contribution < 1.29 is 9.53 Å². The summed E-state index contributed by atoms with van der Waals surface area (Å²) in [7, 11) is 0. The summed E-state index contributed by atoms with van der Waals surface area (Å²) in [6.07, 6.45) is 2.07. The molecule has 1 aliphatic heterocycles. The first kappa shape index (κ1) is 18.7. The van der Waals surface area contributed by atoms with Gasteiger partial charge in [-0.3, -0.25) is 4.79 Å². The van der Waals surface area contributed by atoms with E-state index in [4.69, 9.17) is 4.74 Å². The van der Waals surface area contributed by atoms with Crippen LogP contribution in [0.25, 0.3) is 0 Å². The van der Waals surface area contributed by atoms with Gasteiger partial charge in [-0.05, 0) is 50.2 Å². The second-order valence-electron chi connectivity index (χ2n) is 6.28. The molecule has 1 fully saturated rings. The molecule has 134 valence electrons. The molecule has 0 radical (unpaired) electrons. The monoisotopic (exact) mass is 333 g/mol. The Morgan fingerprint density at radius 1 is 1.29 bits per heavy atom. The van der Waals surface area contributed by atoms with Crippen LogP contribution in [0.1, 0.15) is 32.3 Å². The van der Waals surface area contributed by atoms with Gasteiger partial charge in [0.1, 0.15) is 12.4 Å². The fourth-order valence-electron chi connectivity index (χ4n) is 2.95. The van der Waals surface area contributed by atoms with Crippen LogP contribution in [0, 0.1) is 5.92 Å². The molecule has 5 heteroatoms. The number of amides is 1. The smallest absolute Gasteiger partial charge is 0.224 e. The number of likely N-dealkylation sites (N-methyl/N-ethyl adjacent to an activating group) is 1. The van der Waals surface area contributed by atoms with Gasteiger partial charge in [-0.25, -0.2) is 0 Å². The van der Waals surface area contributed by atoms with Gasteiger partial charge in [0, 0.05) is 19.6 Å². The number of rotatable bonds is 9. The van der Waals surface area contributed by atoms with E-state index in [0.29, 0.717) is 13.2 Å². The van der Waals surface area contributed by atoms with Crippen molar-refractivity contribution in [2.45, 2.75) is 33.2 Å². The zero-order valence-electron chi connectivity index (χ0n) is 15.0. The molecule has 2 N–H and O–H groups in total. The lowest BCUT2D eigenvalue weighted by atomic mass is 9.99. The first-order valence-corrected chi connectivity index (χ1v) is 9.15. The maximum absolute atomic E-state index is 12.1. The number of benzene rings is 1. The minimum atomic E-state index is 0.112. The molecule has 0 aliphatic carbocycles. The van der Waals surface area contributed by atoms with E-state index in [0.717, 1.165) is 56.9 Å². The number of hydrogen-bond acceptors (Lipinski definition) is 4. The van der Waals surface area contributed by atoms with E-state index >= 15 is 0 Å². The van der Waals surface area contributed by atoms with E-state index in [9.17, 15) is 4.79 Å². The van der Waals surface area contributed by atoms with Crippen LogP contribution in [-0.4, -0.2) is 50.1 Å². The molecule has 1 unspecified atom stereocenters. The summed E-state index contributed by atoms with van der Waals surface area (Å²) >= 11 is 0. The van der Waals surface area contributed by atoms with E-state index in [1.807, 2.05) is 24.3 Å². The Labute approximate surface area is 145 Å². The highest BCUT2D eigenvalue weighted by atomic mass is 16.5. The van der Waals surface area contributed by atoms with Gasteiger partial charge in [-0.1, -0.05) is 26.0 Å². The number of carbonyl (C=O) groups excluding carboxylic acids is 1. The maximum Gasteiger partial charge on any atom is 0.224 e. The Bertz CT molecular complexity index is 480. The van der Waals surface area contributed by atoms with Crippen LogP contribution in [0.15, 0.2) is 24.3 Å². The van der Waals surface area contributed by atoms with Crippen molar-refractivity contribution in [2.75, 3.05) is 39.3 Å². The van der Waals surface area contributed by atoms with Crippen LogP contribution in [-0.2, 0) is 11.3 Å². The normalized spacial score (nSPS) is 17.7. The van der Waals surface area contributed by atoms with E-state index in [2.05, 4.69) is 29.4 Å². The summed E-state index contributed by atoms with van der Waals surface area (Å²) in [6, 6.07) is 8.00. The van der Waals surface area contributed by atoms with Crippen LogP contribution in [0.3, 0.4) is 0 Å². The first-order valence-electron chi connectivity index (χ1n) is 9.15. The summed E-state index contributed by atoms with van der Waals surface area (Å²) in [5.74, 6) is 1.15. The third-order valence-corrected chi connectivity index (χ3v) is 4.63. The lowest BCUT2D eigenvalue weighted by Crippen LogP contribution is -2.40. The van der Waals surface area contributed by atoms with Crippen molar-refractivity contribution in [2.24, 2.45) is 5.92 Å². The maximum atomic E-state index is 12.1. The molecule has 1 amide bonds. The quantitative estimate of drug-likeness (QED) is 0.726. The number of hydrogen-bond donors (Lipinski definition) is 2. The molecule has 1 aromatic rings. The third-order valence-electron chi connectivity index (χ3n) is 4.63. The fraction of sp³-hybridized carbons (Fsp3) is 0.632. The summed E-state index contributed by atoms with van der Waals surface area (Å²) in [5.41, 5.74) is 1.10. The van der Waals surface area contributed by atoms with Crippen LogP contribution >= 0.6 is 0 Å². The van der Waals surface area contributed by atoms with Crippen LogP contribution < -0.4 is 15.4 Å². The molecular formula is C19H31N3O2. The van der Waals surface area contributed by atoms with Gasteiger partial charge in [-0.15, -0.1) is 0 Å². The van der Waals surface area contributed by atoms with Crippen molar-refractivity contribution in [3.05, 3.63) is 29.8 Å². The second-order valence-corrected chi connectivity index (χ2v) is 6.28. The number of nitrogens with one attached hydrogen (secondary N) is 2. The Hall–Kier alpha value is -1.59. The first-order chi connectivity index (χ1) is 11.7. The molecule has 1 aromatic carbocycles. The van der Waals surface area contributed by atoms with Gasteiger partial charge in [-0.2, -0.15) is 0 Å². The molecule has 0 spiro atoms. The number of carbonyl (C=O) groups is 1. The lowest BCUT2D eigenvalue weighted by Gasteiger charge is -2.21. The molecule has 0 bridgehead atoms. The van der Waals surface area contributed by atoms with E-state index < -0.39 is 0 Å². The van der Waals surface area contributed by atoms with E-state index in [1.165, 1.54) is 0 Å². The topological polar surface area (TPSA) is 53.6 Å². The lowest BCUT2D eigenvalue weighted by molar-refractivity contribution is -0.125. The van der Waals surface area contributed by atoms with Crippen molar-refractivity contribution in [3.8, 4) is 5.75 Å². The highest BCUT2D eigenvalue weighted by molar-refractivity contribution is 5.78. The van der Waals surface area contributed by atoms with Crippen molar-refractivity contribution in [1.29, 1.82) is 0 Å². The van der Waals surface area contributed by atoms with E-state index in [1.54, 1.807) is 0 Å². The molecule has 2 rings (SSSR count). The SMILES string of the molecule is CCN(CC)CCOc1ccc(CNC(=O)C2CCCNC2)cc1. The van der Waals surface area contributed by atoms with Gasteiger partial charge < -0.3 is 20.3 Å². The summed E-state index contributed by atoms with van der Waals surface area (Å²) in [4.78, 5) is 14.5. The second kappa shape index (κ2) is 10.3. The zero-order valence-corrected chi connectivity index (χ0v) is 15.0. The van der Waals surface area contributed by atoms with Gasteiger partial charge in [0.25, 0.3) is 0 Å². The molecule has 5 nitrogen and oxygen atoms in total. The predicted molar refractivity (Wildman–Crippen MR) is 97.2 cm³/mol. The van der Waals surface area contributed by atoms with Crippen LogP contribution in [0.5, 0.6) is 5.75 Å². The highest BCUT2D eigenvalue weighted by Gasteiger charge is 2.20. The number of ether oxygens (including phenoxy) is 1. The number of piperidine rings is 1. The van der Waals surface area contributed by atoms with Crippen molar-refractivity contribution in [3.63, 3.8) is 0 Å². The molecule has 1 aliphatic rings. The third kappa shape index (κ3) is 6.13. The standard InChI is InChI=1S/C19H31N3O2/c1-3-22(4-2)12-13-24-18-9-7-16(8-10-18)14-21-19(23)17-6-5-11-20-15-17/h7-10,17,20H,3-6,11-15H2,1-2H3,(H,21,23). The summed E-state index contributed by atoms with van der Waals surface area (Å²) in [6.45, 7) is 10.5. The molecule has 0 aromatic heterocycles. The average Bonchev–Trinajstić information content (AvgIpc) is 2.65. The Morgan fingerprint density at radius 3 is 2.67 bits per heavy atom. The molecule has 1 saturated heterocycles. The molecule has 1 atom stereocenters. The molecular weight excluding hydrogens is 302 g/mol. The van der Waals surface area contributed by atoms with Gasteiger partial charge in [0.05, 0.1) is 5.92 Å². The van der Waals surface area contributed by atoms with Gasteiger partial charge in [0.15, 0.2) is 0 Å². The Kier molecular flexibility index (Phi) is 8.05. The van der Waals surface area contributed by atoms with Crippen molar-refractivity contribution >= 4 is 5.91 Å². The Balaban J connectivity index is 1.70. The van der Waals surface area contributed by atoms with Crippen LogP contribution in [0.4, 0.5) is 0 Å². The van der Waals surface area contributed by atoms with Gasteiger partial charge in [0.2, 0.25) is 5.91 Å². The fourth-order valence-corrected chi connectivity index (χ4v) is 2.95. The van der Waals surface area contributed by atoms with E-state index in [-0.39, 0.29) is 11.8 Å². The minimum absolute atomic E-state index is 0.112. The minimum Gasteiger partial charge on any atom is -0.492 e. The van der Waals surface area contributed by atoms with Crippen LogP contribution in [0.2, 0.25) is 0 Å². The van der Waals surface area contributed by atoms with Crippen molar-refractivity contribution in [1.82, 2.24) is 15.5 Å². The largest absolute Gasteiger partial charge is 0.492 e. The highest BCUT2D eigenvalue weighted by Crippen LogP contribution is 2.13. The molecule has 0 saturated carbocycles. The predicted octanol–water partition coefficient (Wildman–Crippen LogP) is 2.02. The summed E-state index contributed by atoms with van der Waals surface area (Å²) in [5, 5.41) is 6.31. The average molecular weight is 333 g/mol. The molecule has 1 heterocycles. The number of nitrogens with zero attached hydrogens (tertiary/aromatic N) is 1. The summed E-state index contributed by atoms with van der Waals surface area (Å²) < 4.78 is 5.78. The zero-order chi connectivity index (χ0) is 17.2. The Morgan fingerprint density at radius 2 is 2.04 bits per heavy atom. The van der Waals surface area contributed by atoms with Gasteiger partial charge >= 0.3 is 0 Å². The molecule has 24 heavy (non-hydrogen) atoms.